The number of nitrogens with zero attached hydrogens (tertiary/aromatic N) is 6. The van der Waals surface area contributed by atoms with Crippen molar-refractivity contribution in [1.29, 1.82) is 0 Å². The molecule has 3 aromatic heterocycles. The Morgan fingerprint density at radius 2 is 2.00 bits per heavy atom. The molecule has 0 bridgehead atoms. The smallest absolute Gasteiger partial charge is 0.191 e. The van der Waals surface area contributed by atoms with E-state index < -0.39 is 0 Å². The molecule has 0 fully saturated rings. The van der Waals surface area contributed by atoms with Crippen LogP contribution in [0.5, 0.6) is 0 Å². The van der Waals surface area contributed by atoms with Crippen molar-refractivity contribution in [1.82, 2.24) is 29.5 Å². The summed E-state index contributed by atoms with van der Waals surface area (Å²) in [5.74, 6) is 1.92. The molecule has 0 aliphatic rings. The number of hydrogen-bond donors (Lipinski definition) is 0. The molecule has 0 aliphatic heterocycles. The molecule has 0 saturated carbocycles. The quantitative estimate of drug-likeness (QED) is 0.493. The Balaban J connectivity index is 1.61. The van der Waals surface area contributed by atoms with Gasteiger partial charge in [0.2, 0.25) is 0 Å². The third kappa shape index (κ3) is 3.79. The topological polar surface area (TPSA) is 61.4 Å². The van der Waals surface area contributed by atoms with E-state index in [0.717, 1.165) is 41.7 Å². The van der Waals surface area contributed by atoms with Crippen LogP contribution < -0.4 is 0 Å². The fourth-order valence-electron chi connectivity index (χ4n) is 2.44. The van der Waals surface area contributed by atoms with Crippen LogP contribution in [0.25, 0.3) is 11.4 Å². The van der Waals surface area contributed by atoms with Crippen LogP contribution in [0.2, 0.25) is 0 Å². The van der Waals surface area contributed by atoms with Crippen LogP contribution in [-0.2, 0) is 20.0 Å². The number of hydrogen-bond acceptors (Lipinski definition) is 5. The molecular weight excluding hydrogens is 308 g/mol. The number of pyridine rings is 1. The first-order chi connectivity index (χ1) is 11.3. The van der Waals surface area contributed by atoms with Crippen molar-refractivity contribution in [3.63, 3.8) is 0 Å². The highest BCUT2D eigenvalue weighted by Crippen LogP contribution is 2.24. The van der Waals surface area contributed by atoms with Crippen molar-refractivity contribution in [2.24, 2.45) is 7.05 Å². The van der Waals surface area contributed by atoms with E-state index in [2.05, 4.69) is 38.0 Å². The second-order valence-corrected chi connectivity index (χ2v) is 6.32. The summed E-state index contributed by atoms with van der Waals surface area (Å²) in [6.07, 6.45) is 9.70. The molecule has 0 unspecified atom stereocenters. The number of aryl methyl sites for hydroxylation is 2. The van der Waals surface area contributed by atoms with Crippen molar-refractivity contribution in [3.05, 3.63) is 42.5 Å². The Morgan fingerprint density at radius 1 is 1.17 bits per heavy atom. The lowest BCUT2D eigenvalue weighted by Gasteiger charge is -2.06. The standard InChI is InChI=1S/C16H20N6S/c1-3-22-15(14-6-8-17-9-7-14)19-20-16(22)23-10-4-5-13-11-18-21(2)12-13/h6-9,11-12H,3-5,10H2,1-2H3. The summed E-state index contributed by atoms with van der Waals surface area (Å²) in [6.45, 7) is 2.98. The van der Waals surface area contributed by atoms with Crippen molar-refractivity contribution in [2.45, 2.75) is 31.5 Å². The molecular formula is C16H20N6S. The third-order valence-corrected chi connectivity index (χ3v) is 4.62. The minimum Gasteiger partial charge on any atom is -0.302 e. The van der Waals surface area contributed by atoms with Gasteiger partial charge in [0.25, 0.3) is 0 Å². The lowest BCUT2D eigenvalue weighted by atomic mass is 10.2. The van der Waals surface area contributed by atoms with Gasteiger partial charge < -0.3 is 4.57 Å². The molecule has 3 aromatic rings. The summed E-state index contributed by atoms with van der Waals surface area (Å²) >= 11 is 1.76. The SMILES string of the molecule is CCn1c(SCCCc2cnn(C)c2)nnc1-c1ccncc1. The molecule has 120 valence electrons. The largest absolute Gasteiger partial charge is 0.302 e. The van der Waals surface area contributed by atoms with Gasteiger partial charge >= 0.3 is 0 Å². The third-order valence-electron chi connectivity index (χ3n) is 3.57. The van der Waals surface area contributed by atoms with Gasteiger partial charge in [0.1, 0.15) is 0 Å². The van der Waals surface area contributed by atoms with Gasteiger partial charge in [-0.3, -0.25) is 9.67 Å². The average Bonchev–Trinajstić information content (AvgIpc) is 3.18. The van der Waals surface area contributed by atoms with E-state index >= 15 is 0 Å². The zero-order valence-corrected chi connectivity index (χ0v) is 14.2. The molecule has 0 atom stereocenters. The van der Waals surface area contributed by atoms with Gasteiger partial charge in [-0.1, -0.05) is 11.8 Å². The Labute approximate surface area is 140 Å². The van der Waals surface area contributed by atoms with Crippen LogP contribution in [0.1, 0.15) is 18.9 Å². The first kappa shape index (κ1) is 15.7. The molecule has 0 aliphatic carbocycles. The zero-order chi connectivity index (χ0) is 16.1. The second kappa shape index (κ2) is 7.41. The summed E-state index contributed by atoms with van der Waals surface area (Å²) in [6, 6.07) is 3.93. The number of aromatic nitrogens is 6. The molecule has 3 heterocycles. The van der Waals surface area contributed by atoms with E-state index in [1.807, 2.05) is 30.1 Å². The Morgan fingerprint density at radius 3 is 2.70 bits per heavy atom. The molecule has 0 spiro atoms. The van der Waals surface area contributed by atoms with Gasteiger partial charge in [-0.15, -0.1) is 10.2 Å². The maximum absolute atomic E-state index is 4.35. The lowest BCUT2D eigenvalue weighted by Crippen LogP contribution is -2.00. The number of thioether (sulfide) groups is 1. The van der Waals surface area contributed by atoms with E-state index in [1.54, 1.807) is 24.2 Å². The predicted octanol–water partition coefficient (Wildman–Crippen LogP) is 2.82. The van der Waals surface area contributed by atoms with Gasteiger partial charge in [-0.25, -0.2) is 0 Å². The van der Waals surface area contributed by atoms with Crippen LogP contribution in [0.3, 0.4) is 0 Å². The van der Waals surface area contributed by atoms with Crippen LogP contribution in [0.15, 0.2) is 42.1 Å². The van der Waals surface area contributed by atoms with E-state index in [4.69, 9.17) is 0 Å². The monoisotopic (exact) mass is 328 g/mol. The van der Waals surface area contributed by atoms with Crippen molar-refractivity contribution in [3.8, 4) is 11.4 Å². The van der Waals surface area contributed by atoms with Crippen molar-refractivity contribution in [2.75, 3.05) is 5.75 Å². The van der Waals surface area contributed by atoms with Gasteiger partial charge in [-0.2, -0.15) is 5.10 Å². The first-order valence-electron chi connectivity index (χ1n) is 7.72. The van der Waals surface area contributed by atoms with E-state index in [1.165, 1.54) is 5.56 Å². The first-order valence-corrected chi connectivity index (χ1v) is 8.70. The van der Waals surface area contributed by atoms with E-state index in [9.17, 15) is 0 Å². The van der Waals surface area contributed by atoms with E-state index in [0.29, 0.717) is 0 Å². The molecule has 0 saturated heterocycles. The van der Waals surface area contributed by atoms with Crippen LogP contribution in [0, 0.1) is 0 Å². The second-order valence-electron chi connectivity index (χ2n) is 5.26. The van der Waals surface area contributed by atoms with Crippen LogP contribution in [0.4, 0.5) is 0 Å². The molecule has 0 N–H and O–H groups in total. The van der Waals surface area contributed by atoms with Gasteiger partial charge in [0.05, 0.1) is 6.20 Å². The zero-order valence-electron chi connectivity index (χ0n) is 13.4. The summed E-state index contributed by atoms with van der Waals surface area (Å²) in [5, 5.41) is 13.9. The molecule has 6 nitrogen and oxygen atoms in total. The fraction of sp³-hybridized carbons (Fsp3) is 0.375. The molecule has 0 aromatic carbocycles. The molecule has 23 heavy (non-hydrogen) atoms. The fourth-order valence-corrected chi connectivity index (χ4v) is 3.38. The highest BCUT2D eigenvalue weighted by atomic mass is 32.2. The van der Waals surface area contributed by atoms with Gasteiger partial charge in [-0.05, 0) is 37.5 Å². The Hall–Kier alpha value is -2.15. The minimum atomic E-state index is 0.857. The Bertz CT molecular complexity index is 749. The highest BCUT2D eigenvalue weighted by Gasteiger charge is 2.12. The summed E-state index contributed by atoms with van der Waals surface area (Å²) in [5.41, 5.74) is 2.33. The predicted molar refractivity (Wildman–Crippen MR) is 91.2 cm³/mol. The molecule has 0 radical (unpaired) electrons. The normalized spacial score (nSPS) is 11.0. The Kier molecular flexibility index (Phi) is 5.07. The van der Waals surface area contributed by atoms with Crippen LogP contribution in [-0.4, -0.2) is 35.3 Å². The van der Waals surface area contributed by atoms with Crippen molar-refractivity contribution >= 4 is 11.8 Å². The van der Waals surface area contributed by atoms with Gasteiger partial charge in [0.15, 0.2) is 11.0 Å². The van der Waals surface area contributed by atoms with Crippen LogP contribution >= 0.6 is 11.8 Å². The molecule has 3 rings (SSSR count). The maximum atomic E-state index is 4.35. The van der Waals surface area contributed by atoms with Gasteiger partial charge in [0, 0.05) is 43.5 Å². The summed E-state index contributed by atoms with van der Waals surface area (Å²) in [7, 11) is 1.95. The highest BCUT2D eigenvalue weighted by molar-refractivity contribution is 7.99. The average molecular weight is 328 g/mol. The summed E-state index contributed by atoms with van der Waals surface area (Å²) < 4.78 is 4.00. The maximum Gasteiger partial charge on any atom is 0.191 e. The lowest BCUT2D eigenvalue weighted by molar-refractivity contribution is 0.686. The molecule has 7 heteroatoms. The van der Waals surface area contributed by atoms with Crippen molar-refractivity contribution < 1.29 is 0 Å². The summed E-state index contributed by atoms with van der Waals surface area (Å²) in [4.78, 5) is 4.05. The minimum absolute atomic E-state index is 0.857. The molecule has 0 amide bonds. The number of rotatable bonds is 7. The van der Waals surface area contributed by atoms with E-state index in [-0.39, 0.29) is 0 Å².